The molecule has 4 rings (SSSR count). The van der Waals surface area contributed by atoms with Gasteiger partial charge in [-0.15, -0.1) is 12.4 Å². The molecular formula is C28H33ClF7N3O. The average Bonchev–Trinajstić information content (AvgIpc) is 2.88. The highest BCUT2D eigenvalue weighted by molar-refractivity contribution is 5.85. The normalized spacial score (nSPS) is 20.6. The molecular weight excluding hydrogens is 563 g/mol. The van der Waals surface area contributed by atoms with Crippen LogP contribution in [0.4, 0.5) is 35.5 Å². The van der Waals surface area contributed by atoms with Crippen LogP contribution in [0, 0.1) is 12.7 Å². The van der Waals surface area contributed by atoms with Crippen molar-refractivity contribution in [3.05, 3.63) is 70.0 Å². The lowest BCUT2D eigenvalue weighted by Crippen LogP contribution is -2.52. The summed E-state index contributed by atoms with van der Waals surface area (Å²) in [4.78, 5) is 17.3. The Morgan fingerprint density at radius 3 is 2.12 bits per heavy atom. The molecule has 0 radical (unpaired) electrons. The fourth-order valence-corrected chi connectivity index (χ4v) is 5.69. The fourth-order valence-electron chi connectivity index (χ4n) is 5.69. The van der Waals surface area contributed by atoms with Gasteiger partial charge in [0.1, 0.15) is 5.82 Å². The van der Waals surface area contributed by atoms with Crippen LogP contribution in [-0.4, -0.2) is 48.1 Å². The Morgan fingerprint density at radius 1 is 0.925 bits per heavy atom. The first-order valence-corrected chi connectivity index (χ1v) is 13.2. The highest BCUT2D eigenvalue weighted by Gasteiger charge is 2.38. The summed E-state index contributed by atoms with van der Waals surface area (Å²) in [7, 11) is 0. The maximum absolute atomic E-state index is 13.8. The van der Waals surface area contributed by atoms with Gasteiger partial charge in [-0.25, -0.2) is 9.18 Å². The van der Waals surface area contributed by atoms with E-state index >= 15 is 0 Å². The number of halogens is 8. The second kappa shape index (κ2) is 13.0. The first kappa shape index (κ1) is 32.0. The van der Waals surface area contributed by atoms with Crippen molar-refractivity contribution in [3.63, 3.8) is 0 Å². The van der Waals surface area contributed by atoms with E-state index < -0.39 is 29.5 Å². The third kappa shape index (κ3) is 7.81. The van der Waals surface area contributed by atoms with Crippen LogP contribution in [0.1, 0.15) is 66.0 Å². The number of carbonyl (C=O) groups excluding carboxylic acids is 1. The molecule has 2 aliphatic rings. The van der Waals surface area contributed by atoms with Gasteiger partial charge >= 0.3 is 18.4 Å². The number of alkyl halides is 6. The summed E-state index contributed by atoms with van der Waals surface area (Å²) in [6.07, 6.45) is -5.25. The van der Waals surface area contributed by atoms with Gasteiger partial charge in [0.15, 0.2) is 0 Å². The molecule has 0 aromatic heterocycles. The zero-order valence-corrected chi connectivity index (χ0v) is 22.9. The molecule has 0 aliphatic carbocycles. The van der Waals surface area contributed by atoms with Crippen molar-refractivity contribution in [2.75, 3.05) is 26.2 Å². The second-order valence-electron chi connectivity index (χ2n) is 10.4. The summed E-state index contributed by atoms with van der Waals surface area (Å²) in [6, 6.07) is 5.36. The first-order valence-electron chi connectivity index (χ1n) is 13.2. The number of benzene rings is 2. The van der Waals surface area contributed by atoms with Crippen LogP contribution < -0.4 is 5.32 Å². The smallest absolute Gasteiger partial charge is 0.338 e. The van der Waals surface area contributed by atoms with Crippen molar-refractivity contribution in [1.29, 1.82) is 0 Å². The Hall–Kier alpha value is -2.53. The molecule has 2 amide bonds. The highest BCUT2D eigenvalue weighted by Crippen LogP contribution is 2.37. The minimum absolute atomic E-state index is 0. The standard InChI is InChI=1S/C28H32F7N3O.ClH/c1-18-13-22(29)5-6-24(18)25-17-23(37-10-3-2-4-11-37)8-12-38(25)26(39)36-9-7-19-14-20(27(30,31)32)16-21(15-19)28(33,34)35;/h5-6,13-16,23,25H,2-4,7-12,17H2,1H3,(H,36,39);1H. The van der Waals surface area contributed by atoms with Crippen molar-refractivity contribution in [2.45, 2.75) is 69.9 Å². The Morgan fingerprint density at radius 2 is 1.55 bits per heavy atom. The quantitative estimate of drug-likeness (QED) is 0.363. The lowest BCUT2D eigenvalue weighted by Gasteiger charge is -2.45. The fraction of sp³-hybridized carbons (Fsp3) is 0.536. The van der Waals surface area contributed by atoms with E-state index in [4.69, 9.17) is 0 Å². The number of piperidine rings is 2. The van der Waals surface area contributed by atoms with Crippen molar-refractivity contribution in [2.24, 2.45) is 0 Å². The average molecular weight is 596 g/mol. The van der Waals surface area contributed by atoms with Gasteiger partial charge in [-0.1, -0.05) is 12.5 Å². The van der Waals surface area contributed by atoms with Crippen LogP contribution in [-0.2, 0) is 18.8 Å². The number of nitrogens with one attached hydrogen (secondary N) is 1. The van der Waals surface area contributed by atoms with Gasteiger partial charge in [0, 0.05) is 19.1 Å². The molecule has 2 aliphatic heterocycles. The molecule has 2 aromatic carbocycles. The summed E-state index contributed by atoms with van der Waals surface area (Å²) in [5.41, 5.74) is -1.41. The van der Waals surface area contributed by atoms with Crippen LogP contribution in [0.5, 0.6) is 0 Å². The molecule has 0 spiro atoms. The van der Waals surface area contributed by atoms with Crippen molar-refractivity contribution in [1.82, 2.24) is 15.1 Å². The predicted molar refractivity (Wildman–Crippen MR) is 140 cm³/mol. The molecule has 4 nitrogen and oxygen atoms in total. The number of hydrogen-bond donors (Lipinski definition) is 1. The third-order valence-corrected chi connectivity index (χ3v) is 7.67. The first-order chi connectivity index (χ1) is 18.3. The SMILES string of the molecule is Cc1cc(F)ccc1C1CC(N2CCCCC2)CCN1C(=O)NCCc1cc(C(F)(F)F)cc(C(F)(F)F)c1.Cl. The van der Waals surface area contributed by atoms with Crippen molar-refractivity contribution in [3.8, 4) is 0 Å². The number of rotatable bonds is 5. The third-order valence-electron chi connectivity index (χ3n) is 7.67. The van der Waals surface area contributed by atoms with E-state index in [9.17, 15) is 35.5 Å². The van der Waals surface area contributed by atoms with Crippen LogP contribution >= 0.6 is 12.4 Å². The topological polar surface area (TPSA) is 35.6 Å². The molecule has 0 saturated carbocycles. The van der Waals surface area contributed by atoms with Crippen molar-refractivity contribution >= 4 is 18.4 Å². The minimum atomic E-state index is -4.93. The number of likely N-dealkylation sites (tertiary alicyclic amines) is 2. The Bertz CT molecular complexity index is 1130. The maximum atomic E-state index is 13.8. The number of hydrogen-bond acceptors (Lipinski definition) is 2. The largest absolute Gasteiger partial charge is 0.416 e. The van der Waals surface area contributed by atoms with Gasteiger partial charge in [-0.3, -0.25) is 0 Å². The van der Waals surface area contributed by atoms with Gasteiger partial charge in [-0.05, 0) is 99.1 Å². The second-order valence-corrected chi connectivity index (χ2v) is 10.4. The lowest BCUT2D eigenvalue weighted by atomic mass is 9.88. The van der Waals surface area contributed by atoms with E-state index in [1.54, 1.807) is 17.9 Å². The molecule has 2 saturated heterocycles. The van der Waals surface area contributed by atoms with Gasteiger partial charge in [0.05, 0.1) is 17.2 Å². The van der Waals surface area contributed by atoms with E-state index in [1.165, 1.54) is 18.6 Å². The molecule has 2 unspecified atom stereocenters. The molecule has 2 fully saturated rings. The minimum Gasteiger partial charge on any atom is -0.338 e. The zero-order valence-electron chi connectivity index (χ0n) is 22.0. The highest BCUT2D eigenvalue weighted by atomic mass is 35.5. The molecule has 12 heteroatoms. The molecule has 1 N–H and O–H groups in total. The molecule has 2 heterocycles. The predicted octanol–water partition coefficient (Wildman–Crippen LogP) is 7.54. The molecule has 2 atom stereocenters. The Kier molecular flexibility index (Phi) is 10.4. The summed E-state index contributed by atoms with van der Waals surface area (Å²) >= 11 is 0. The van der Waals surface area contributed by atoms with E-state index in [0.29, 0.717) is 30.7 Å². The number of aryl methyl sites for hydroxylation is 1. The number of amides is 2. The molecule has 2 aromatic rings. The van der Waals surface area contributed by atoms with Crippen LogP contribution in [0.3, 0.4) is 0 Å². The summed E-state index contributed by atoms with van der Waals surface area (Å²) in [5, 5.41) is 2.68. The van der Waals surface area contributed by atoms with Gasteiger partial charge in [0.25, 0.3) is 0 Å². The molecule has 222 valence electrons. The van der Waals surface area contributed by atoms with E-state index in [0.717, 1.165) is 37.9 Å². The molecule has 40 heavy (non-hydrogen) atoms. The monoisotopic (exact) mass is 595 g/mol. The Balaban J connectivity index is 0.00000441. The number of urea groups is 1. The number of carbonyl (C=O) groups is 1. The summed E-state index contributed by atoms with van der Waals surface area (Å²) in [5.74, 6) is -0.380. The summed E-state index contributed by atoms with van der Waals surface area (Å²) in [6.45, 7) is 4.05. The van der Waals surface area contributed by atoms with E-state index in [-0.39, 0.29) is 54.9 Å². The maximum Gasteiger partial charge on any atom is 0.416 e. The van der Waals surface area contributed by atoms with Crippen molar-refractivity contribution < 1.29 is 35.5 Å². The zero-order chi connectivity index (χ0) is 28.4. The summed E-state index contributed by atoms with van der Waals surface area (Å²) < 4.78 is 92.9. The van der Waals surface area contributed by atoms with Crippen LogP contribution in [0.25, 0.3) is 0 Å². The number of nitrogens with zero attached hydrogens (tertiary/aromatic N) is 2. The van der Waals surface area contributed by atoms with Crippen LogP contribution in [0.15, 0.2) is 36.4 Å². The molecule has 0 bridgehead atoms. The van der Waals surface area contributed by atoms with Gasteiger partial charge in [0.2, 0.25) is 0 Å². The lowest BCUT2D eigenvalue weighted by molar-refractivity contribution is -0.143. The van der Waals surface area contributed by atoms with E-state index in [2.05, 4.69) is 10.2 Å². The van der Waals surface area contributed by atoms with Gasteiger partial charge in [-0.2, -0.15) is 26.3 Å². The van der Waals surface area contributed by atoms with E-state index in [1.807, 2.05) is 0 Å². The Labute approximate surface area is 235 Å². The van der Waals surface area contributed by atoms with Crippen LogP contribution in [0.2, 0.25) is 0 Å². The van der Waals surface area contributed by atoms with Gasteiger partial charge < -0.3 is 15.1 Å².